The second-order valence-electron chi connectivity index (χ2n) is 8.46. The van der Waals surface area contributed by atoms with Crippen LogP contribution in [0.5, 0.6) is 11.8 Å². The number of nitrogens with zero attached hydrogens (tertiary/aromatic N) is 2. The topological polar surface area (TPSA) is 51.7 Å². The van der Waals surface area contributed by atoms with Crippen LogP contribution in [-0.2, 0) is 13.2 Å². The lowest BCUT2D eigenvalue weighted by molar-refractivity contribution is 0.100. The number of hydrogen-bond acceptors (Lipinski definition) is 4. The van der Waals surface area contributed by atoms with Crippen molar-refractivity contribution in [3.8, 4) is 11.8 Å². The normalized spacial score (nSPS) is 12.2. The van der Waals surface area contributed by atoms with Crippen LogP contribution in [0.15, 0.2) is 108 Å². The highest BCUT2D eigenvalue weighted by Crippen LogP contribution is 2.46. The number of hydrogen-bond donors (Lipinski definition) is 0. The van der Waals surface area contributed by atoms with E-state index in [-0.39, 0.29) is 5.91 Å². The minimum atomic E-state index is -0.113. The zero-order valence-corrected chi connectivity index (χ0v) is 20.8. The summed E-state index contributed by atoms with van der Waals surface area (Å²) in [5, 5.41) is 1.90. The van der Waals surface area contributed by atoms with E-state index in [4.69, 9.17) is 9.47 Å². The third kappa shape index (κ3) is 4.10. The summed E-state index contributed by atoms with van der Waals surface area (Å²) in [4.78, 5) is 20.0. The van der Waals surface area contributed by atoms with Gasteiger partial charge in [0.1, 0.15) is 18.9 Å². The number of anilines is 2. The van der Waals surface area contributed by atoms with E-state index in [1.165, 1.54) is 0 Å². The average molecular weight is 537 g/mol. The molecular formula is C30H21BrN2O3. The molecule has 0 fully saturated rings. The molecule has 5 aromatic rings. The largest absolute Gasteiger partial charge is 0.473 e. The zero-order valence-electron chi connectivity index (χ0n) is 19.2. The van der Waals surface area contributed by atoms with Gasteiger partial charge in [0, 0.05) is 15.9 Å². The Morgan fingerprint density at radius 2 is 1.36 bits per heavy atom. The summed E-state index contributed by atoms with van der Waals surface area (Å²) in [7, 11) is 0. The third-order valence-corrected chi connectivity index (χ3v) is 6.83. The Balaban J connectivity index is 1.39. The molecule has 6 rings (SSSR count). The van der Waals surface area contributed by atoms with Gasteiger partial charge in [0.15, 0.2) is 0 Å². The van der Waals surface area contributed by atoms with E-state index >= 15 is 0 Å². The maximum atomic E-state index is 13.6. The van der Waals surface area contributed by atoms with Crippen molar-refractivity contribution in [2.75, 3.05) is 4.90 Å². The standard InChI is InChI=1S/C30H21BrN2O3/c31-24-14-15-25-28-22(24)12-7-13-23(28)30(34)33(25)26-16-17-27(35-18-20-8-3-1-4-9-20)32-29(26)36-19-21-10-5-2-6-11-21/h1-17H,18-19H2. The smallest absolute Gasteiger partial charge is 0.263 e. The number of aromatic nitrogens is 1. The van der Waals surface area contributed by atoms with E-state index in [9.17, 15) is 4.79 Å². The van der Waals surface area contributed by atoms with Crippen LogP contribution in [0.1, 0.15) is 21.5 Å². The van der Waals surface area contributed by atoms with E-state index in [0.717, 1.165) is 32.1 Å². The number of benzene rings is 4. The Hall–Kier alpha value is -4.16. The van der Waals surface area contributed by atoms with E-state index in [1.807, 2.05) is 97.1 Å². The fourth-order valence-electron chi connectivity index (χ4n) is 4.42. The second-order valence-corrected chi connectivity index (χ2v) is 9.31. The Morgan fingerprint density at radius 3 is 2.08 bits per heavy atom. The van der Waals surface area contributed by atoms with Crippen molar-refractivity contribution >= 4 is 44.0 Å². The van der Waals surface area contributed by atoms with E-state index < -0.39 is 0 Å². The molecule has 6 heteroatoms. The van der Waals surface area contributed by atoms with Gasteiger partial charge in [-0.05, 0) is 40.8 Å². The van der Waals surface area contributed by atoms with Crippen LogP contribution in [0.4, 0.5) is 11.4 Å². The van der Waals surface area contributed by atoms with Gasteiger partial charge in [0.25, 0.3) is 5.91 Å². The van der Waals surface area contributed by atoms with Gasteiger partial charge in [0.2, 0.25) is 11.8 Å². The molecule has 0 aliphatic carbocycles. The van der Waals surface area contributed by atoms with Crippen molar-refractivity contribution in [2.45, 2.75) is 13.2 Å². The molecule has 0 N–H and O–H groups in total. The maximum Gasteiger partial charge on any atom is 0.263 e. The van der Waals surface area contributed by atoms with Crippen LogP contribution in [0, 0.1) is 0 Å². The molecular weight excluding hydrogens is 516 g/mol. The predicted molar refractivity (Wildman–Crippen MR) is 144 cm³/mol. The summed E-state index contributed by atoms with van der Waals surface area (Å²) in [5.41, 5.74) is 4.07. The highest BCUT2D eigenvalue weighted by molar-refractivity contribution is 9.10. The molecule has 0 saturated carbocycles. The summed E-state index contributed by atoms with van der Waals surface area (Å²) in [6.45, 7) is 0.695. The molecule has 0 saturated heterocycles. The molecule has 1 aliphatic heterocycles. The van der Waals surface area contributed by atoms with Crippen LogP contribution in [-0.4, -0.2) is 10.9 Å². The molecule has 0 spiro atoms. The van der Waals surface area contributed by atoms with Gasteiger partial charge in [-0.15, -0.1) is 0 Å². The average Bonchev–Trinajstić information content (AvgIpc) is 3.22. The lowest BCUT2D eigenvalue weighted by Crippen LogP contribution is -2.22. The SMILES string of the molecule is O=C1c2cccc3c(Br)ccc(c23)N1c1ccc(OCc2ccccc2)nc1OCc1ccccc1. The number of amides is 1. The molecule has 2 heterocycles. The Bertz CT molecular complexity index is 1570. The lowest BCUT2D eigenvalue weighted by Gasteiger charge is -2.21. The van der Waals surface area contributed by atoms with Gasteiger partial charge in [-0.2, -0.15) is 4.98 Å². The first kappa shape index (κ1) is 22.3. The van der Waals surface area contributed by atoms with Gasteiger partial charge >= 0.3 is 0 Å². The molecule has 0 radical (unpaired) electrons. The first-order valence-electron chi connectivity index (χ1n) is 11.6. The monoisotopic (exact) mass is 536 g/mol. The molecule has 1 aliphatic rings. The fourth-order valence-corrected chi connectivity index (χ4v) is 4.88. The van der Waals surface area contributed by atoms with Crippen LogP contribution >= 0.6 is 15.9 Å². The number of pyridine rings is 1. The molecule has 0 unspecified atom stereocenters. The van der Waals surface area contributed by atoms with Crippen LogP contribution in [0.2, 0.25) is 0 Å². The molecule has 1 aromatic heterocycles. The van der Waals surface area contributed by atoms with Gasteiger partial charge in [0.05, 0.1) is 11.3 Å². The van der Waals surface area contributed by atoms with E-state index in [0.29, 0.717) is 36.2 Å². The summed E-state index contributed by atoms with van der Waals surface area (Å²) in [6.07, 6.45) is 0. The first-order valence-corrected chi connectivity index (χ1v) is 12.4. The Morgan fingerprint density at radius 1 is 0.694 bits per heavy atom. The fraction of sp³-hybridized carbons (Fsp3) is 0.0667. The van der Waals surface area contributed by atoms with Crippen molar-refractivity contribution in [3.05, 3.63) is 124 Å². The van der Waals surface area contributed by atoms with Crippen molar-refractivity contribution in [3.63, 3.8) is 0 Å². The van der Waals surface area contributed by atoms with Crippen molar-refractivity contribution in [2.24, 2.45) is 0 Å². The molecule has 0 atom stereocenters. The number of rotatable bonds is 7. The lowest BCUT2D eigenvalue weighted by atomic mass is 10.1. The molecule has 4 aromatic carbocycles. The maximum absolute atomic E-state index is 13.6. The highest BCUT2D eigenvalue weighted by Gasteiger charge is 2.33. The van der Waals surface area contributed by atoms with Gasteiger partial charge in [-0.1, -0.05) is 88.7 Å². The van der Waals surface area contributed by atoms with Crippen LogP contribution in [0.3, 0.4) is 0 Å². The minimum absolute atomic E-state index is 0.113. The zero-order chi connectivity index (χ0) is 24.5. The molecule has 36 heavy (non-hydrogen) atoms. The minimum Gasteiger partial charge on any atom is -0.473 e. The van der Waals surface area contributed by atoms with Crippen LogP contribution < -0.4 is 14.4 Å². The molecule has 5 nitrogen and oxygen atoms in total. The summed E-state index contributed by atoms with van der Waals surface area (Å²) in [5.74, 6) is 0.649. The van der Waals surface area contributed by atoms with E-state index in [1.54, 1.807) is 11.0 Å². The van der Waals surface area contributed by atoms with Crippen LogP contribution in [0.25, 0.3) is 10.8 Å². The third-order valence-electron chi connectivity index (χ3n) is 6.14. The van der Waals surface area contributed by atoms with Crippen molar-refractivity contribution in [1.29, 1.82) is 0 Å². The Kier molecular flexibility index (Phi) is 5.87. The van der Waals surface area contributed by atoms with E-state index in [2.05, 4.69) is 20.9 Å². The van der Waals surface area contributed by atoms with Gasteiger partial charge in [-0.25, -0.2) is 0 Å². The predicted octanol–water partition coefficient (Wildman–Crippen LogP) is 7.45. The summed E-state index contributed by atoms with van der Waals surface area (Å²) in [6, 6.07) is 33.1. The van der Waals surface area contributed by atoms with Crippen molar-refractivity contribution in [1.82, 2.24) is 4.98 Å². The number of carbonyl (C=O) groups is 1. The summed E-state index contributed by atoms with van der Waals surface area (Å²) < 4.78 is 13.1. The number of halogens is 1. The number of ether oxygens (including phenoxy) is 2. The first-order chi connectivity index (χ1) is 17.7. The molecule has 1 amide bonds. The molecule has 0 bridgehead atoms. The Labute approximate surface area is 217 Å². The quantitative estimate of drug-likeness (QED) is 0.217. The number of carbonyl (C=O) groups excluding carboxylic acids is 1. The van der Waals surface area contributed by atoms with Gasteiger partial charge in [-0.3, -0.25) is 9.69 Å². The highest BCUT2D eigenvalue weighted by atomic mass is 79.9. The van der Waals surface area contributed by atoms with Gasteiger partial charge < -0.3 is 9.47 Å². The summed E-state index contributed by atoms with van der Waals surface area (Å²) >= 11 is 3.62. The second kappa shape index (κ2) is 9.47. The van der Waals surface area contributed by atoms with Crippen molar-refractivity contribution < 1.29 is 14.3 Å². The molecule has 176 valence electrons.